The van der Waals surface area contributed by atoms with Crippen molar-refractivity contribution in [1.29, 1.82) is 0 Å². The molecule has 0 heterocycles. The van der Waals surface area contributed by atoms with Crippen LogP contribution in [0.2, 0.25) is 0 Å². The van der Waals surface area contributed by atoms with Gasteiger partial charge in [0.2, 0.25) is 0 Å². The molecular formula is C13H14O2. The second kappa shape index (κ2) is 5.81. The molecule has 0 aliphatic rings. The quantitative estimate of drug-likeness (QED) is 0.426. The first-order valence-electron chi connectivity index (χ1n) is 4.72. The van der Waals surface area contributed by atoms with Gasteiger partial charge in [0.25, 0.3) is 0 Å². The van der Waals surface area contributed by atoms with E-state index in [1.807, 2.05) is 36.4 Å². The summed E-state index contributed by atoms with van der Waals surface area (Å²) in [6.45, 7) is 3.57. The van der Waals surface area contributed by atoms with E-state index < -0.39 is 0 Å². The Morgan fingerprint density at radius 2 is 2.07 bits per heavy atom. The highest BCUT2D eigenvalue weighted by atomic mass is 16.5. The second-order valence-corrected chi connectivity index (χ2v) is 3.04. The minimum absolute atomic E-state index is 0.346. The third kappa shape index (κ3) is 3.43. The van der Waals surface area contributed by atoms with Gasteiger partial charge in [0, 0.05) is 0 Å². The number of hydrogen-bond donors (Lipinski definition) is 0. The molecule has 0 aliphatic heterocycles. The van der Waals surface area contributed by atoms with Crippen LogP contribution in [0.3, 0.4) is 0 Å². The Morgan fingerprint density at radius 1 is 1.40 bits per heavy atom. The highest BCUT2D eigenvalue weighted by Gasteiger charge is 2.03. The molecule has 1 aromatic rings. The Bertz CT molecular complexity index is 363. The van der Waals surface area contributed by atoms with Crippen LogP contribution in [-0.2, 0) is 16.0 Å². The zero-order valence-corrected chi connectivity index (χ0v) is 8.77. The van der Waals surface area contributed by atoms with E-state index in [-0.39, 0.29) is 5.97 Å². The van der Waals surface area contributed by atoms with E-state index in [0.717, 1.165) is 5.56 Å². The molecule has 2 heteroatoms. The average molecular weight is 202 g/mol. The summed E-state index contributed by atoms with van der Waals surface area (Å²) in [5, 5.41) is 0. The molecule has 0 radical (unpaired) electrons. The maximum Gasteiger partial charge on any atom is 0.337 e. The van der Waals surface area contributed by atoms with Gasteiger partial charge in [0.05, 0.1) is 12.7 Å². The molecule has 0 saturated carbocycles. The summed E-state index contributed by atoms with van der Waals surface area (Å²) in [4.78, 5) is 11.2. The topological polar surface area (TPSA) is 26.3 Å². The van der Waals surface area contributed by atoms with Gasteiger partial charge in [0.15, 0.2) is 0 Å². The van der Waals surface area contributed by atoms with Gasteiger partial charge in [-0.1, -0.05) is 49.1 Å². The van der Waals surface area contributed by atoms with E-state index >= 15 is 0 Å². The van der Waals surface area contributed by atoms with Crippen LogP contribution in [0.4, 0.5) is 0 Å². The molecule has 0 spiro atoms. The van der Waals surface area contributed by atoms with Crippen LogP contribution < -0.4 is 0 Å². The molecule has 0 amide bonds. The first kappa shape index (κ1) is 11.2. The van der Waals surface area contributed by atoms with Gasteiger partial charge in [-0.25, -0.2) is 4.79 Å². The summed E-state index contributed by atoms with van der Waals surface area (Å²) in [6.07, 6.45) is 4.03. The number of allylic oxidation sites excluding steroid dienone is 1. The number of carbonyl (C=O) groups is 1. The monoisotopic (exact) mass is 202 g/mol. The van der Waals surface area contributed by atoms with E-state index in [4.69, 9.17) is 0 Å². The van der Waals surface area contributed by atoms with Gasteiger partial charge in [-0.3, -0.25) is 0 Å². The fraction of sp³-hybridized carbons (Fsp3) is 0.154. The van der Waals surface area contributed by atoms with Crippen molar-refractivity contribution < 1.29 is 9.53 Å². The van der Waals surface area contributed by atoms with Crippen molar-refractivity contribution in [2.24, 2.45) is 0 Å². The highest BCUT2D eigenvalue weighted by molar-refractivity contribution is 5.91. The molecule has 0 bridgehead atoms. The highest BCUT2D eigenvalue weighted by Crippen LogP contribution is 2.05. The second-order valence-electron chi connectivity index (χ2n) is 3.04. The molecule has 1 rings (SSSR count). The van der Waals surface area contributed by atoms with Crippen LogP contribution in [0, 0.1) is 0 Å². The molecule has 0 aromatic heterocycles. The lowest BCUT2D eigenvalue weighted by molar-refractivity contribution is -0.135. The Hall–Kier alpha value is -1.83. The Balaban J connectivity index is 2.71. The number of benzene rings is 1. The smallest absolute Gasteiger partial charge is 0.337 e. The molecule has 78 valence electrons. The minimum Gasteiger partial charge on any atom is -0.465 e. The van der Waals surface area contributed by atoms with Crippen LogP contribution in [0.1, 0.15) is 5.56 Å². The van der Waals surface area contributed by atoms with Crippen LogP contribution in [0.25, 0.3) is 0 Å². The maximum absolute atomic E-state index is 11.2. The molecule has 0 saturated heterocycles. The summed E-state index contributed by atoms with van der Waals surface area (Å²) in [7, 11) is 1.36. The third-order valence-electron chi connectivity index (χ3n) is 2.04. The summed E-state index contributed by atoms with van der Waals surface area (Å²) >= 11 is 0. The molecule has 1 aromatic carbocycles. The Morgan fingerprint density at radius 3 is 2.60 bits per heavy atom. The fourth-order valence-electron chi connectivity index (χ4n) is 1.21. The molecule has 2 nitrogen and oxygen atoms in total. The predicted molar refractivity (Wildman–Crippen MR) is 60.4 cm³/mol. The largest absolute Gasteiger partial charge is 0.465 e. The van der Waals surface area contributed by atoms with Crippen LogP contribution in [0.15, 0.2) is 54.6 Å². The van der Waals surface area contributed by atoms with Crippen LogP contribution >= 0.6 is 0 Å². The van der Waals surface area contributed by atoms with Gasteiger partial charge in [-0.2, -0.15) is 0 Å². The number of ether oxygens (including phenoxy) is 1. The van der Waals surface area contributed by atoms with Gasteiger partial charge < -0.3 is 4.74 Å². The zero-order chi connectivity index (χ0) is 11.1. The van der Waals surface area contributed by atoms with E-state index in [1.165, 1.54) is 13.2 Å². The van der Waals surface area contributed by atoms with Crippen molar-refractivity contribution in [3.63, 3.8) is 0 Å². The number of rotatable bonds is 4. The first-order chi connectivity index (χ1) is 7.27. The van der Waals surface area contributed by atoms with Crippen molar-refractivity contribution >= 4 is 5.97 Å². The van der Waals surface area contributed by atoms with E-state index in [9.17, 15) is 4.79 Å². The van der Waals surface area contributed by atoms with Crippen molar-refractivity contribution in [1.82, 2.24) is 0 Å². The SMILES string of the molecule is C=CC(=CCc1ccccc1)C(=O)OC. The Labute approximate surface area is 89.9 Å². The van der Waals surface area contributed by atoms with Crippen LogP contribution in [0.5, 0.6) is 0 Å². The molecule has 15 heavy (non-hydrogen) atoms. The predicted octanol–water partition coefficient (Wildman–Crippen LogP) is 2.51. The number of carbonyl (C=O) groups excluding carboxylic acids is 1. The minimum atomic E-state index is -0.346. The maximum atomic E-state index is 11.2. The van der Waals surface area contributed by atoms with Gasteiger partial charge in [-0.15, -0.1) is 0 Å². The van der Waals surface area contributed by atoms with Gasteiger partial charge in [-0.05, 0) is 12.0 Å². The van der Waals surface area contributed by atoms with Crippen molar-refractivity contribution in [2.45, 2.75) is 6.42 Å². The molecule has 0 unspecified atom stereocenters. The number of hydrogen-bond acceptors (Lipinski definition) is 2. The van der Waals surface area contributed by atoms with Crippen LogP contribution in [-0.4, -0.2) is 13.1 Å². The summed E-state index contributed by atoms with van der Waals surface area (Å²) in [5.41, 5.74) is 1.65. The standard InChI is InChI=1S/C13H14O2/c1-3-12(13(14)15-2)10-9-11-7-5-4-6-8-11/h3-8,10H,1,9H2,2H3. The number of methoxy groups -OCH3 is 1. The lowest BCUT2D eigenvalue weighted by atomic mass is 10.1. The van der Waals surface area contributed by atoms with Crippen molar-refractivity contribution in [3.05, 3.63) is 60.2 Å². The van der Waals surface area contributed by atoms with Gasteiger partial charge >= 0.3 is 5.97 Å². The summed E-state index contributed by atoms with van der Waals surface area (Å²) < 4.78 is 4.61. The normalized spacial score (nSPS) is 10.9. The molecule has 0 fully saturated rings. The first-order valence-corrected chi connectivity index (χ1v) is 4.72. The number of esters is 1. The van der Waals surface area contributed by atoms with E-state index in [1.54, 1.807) is 0 Å². The zero-order valence-electron chi connectivity index (χ0n) is 8.77. The fourth-order valence-corrected chi connectivity index (χ4v) is 1.21. The van der Waals surface area contributed by atoms with E-state index in [0.29, 0.717) is 12.0 Å². The summed E-state index contributed by atoms with van der Waals surface area (Å²) in [6, 6.07) is 9.91. The van der Waals surface area contributed by atoms with Crippen molar-refractivity contribution in [3.8, 4) is 0 Å². The lowest BCUT2D eigenvalue weighted by Crippen LogP contribution is -2.02. The van der Waals surface area contributed by atoms with Crippen molar-refractivity contribution in [2.75, 3.05) is 7.11 Å². The third-order valence-corrected chi connectivity index (χ3v) is 2.04. The molecule has 0 N–H and O–H groups in total. The van der Waals surface area contributed by atoms with Gasteiger partial charge in [0.1, 0.15) is 0 Å². The Kier molecular flexibility index (Phi) is 4.35. The molecule has 0 aliphatic carbocycles. The summed E-state index contributed by atoms with van der Waals surface area (Å²) in [5.74, 6) is -0.346. The average Bonchev–Trinajstić information content (AvgIpc) is 2.31. The molecule has 0 atom stereocenters. The lowest BCUT2D eigenvalue weighted by Gasteiger charge is -2.00. The molecular weight excluding hydrogens is 188 g/mol. The van der Waals surface area contributed by atoms with E-state index in [2.05, 4.69) is 11.3 Å².